The summed E-state index contributed by atoms with van der Waals surface area (Å²) in [4.78, 5) is 4.40. The number of nitrogens with zero attached hydrogens (tertiary/aromatic N) is 1. The number of ether oxygens (including phenoxy) is 1. The summed E-state index contributed by atoms with van der Waals surface area (Å²) in [6.07, 6.45) is 1.09. The van der Waals surface area contributed by atoms with Gasteiger partial charge in [-0.3, -0.25) is 0 Å². The van der Waals surface area contributed by atoms with E-state index in [1.54, 1.807) is 11.3 Å². The van der Waals surface area contributed by atoms with E-state index in [4.69, 9.17) is 4.74 Å². The van der Waals surface area contributed by atoms with Crippen LogP contribution in [0.15, 0.2) is 5.38 Å². The number of hydrogen-bond acceptors (Lipinski definition) is 3. The van der Waals surface area contributed by atoms with Gasteiger partial charge >= 0.3 is 0 Å². The third-order valence-corrected chi connectivity index (χ3v) is 3.06. The summed E-state index contributed by atoms with van der Waals surface area (Å²) in [7, 11) is 0. The SMILES string of the molecule is CC(C)CCOc1csc(C(C)C)n1. The van der Waals surface area contributed by atoms with Crippen molar-refractivity contribution in [2.45, 2.75) is 40.0 Å². The van der Waals surface area contributed by atoms with Gasteiger partial charge in [-0.2, -0.15) is 0 Å². The summed E-state index contributed by atoms with van der Waals surface area (Å²) in [5, 5.41) is 3.15. The van der Waals surface area contributed by atoms with Gasteiger partial charge in [0.05, 0.1) is 17.0 Å². The maximum absolute atomic E-state index is 5.55. The van der Waals surface area contributed by atoms with Gasteiger partial charge in [-0.15, -0.1) is 11.3 Å². The molecule has 0 aromatic carbocycles. The fourth-order valence-electron chi connectivity index (χ4n) is 1.00. The van der Waals surface area contributed by atoms with Gasteiger partial charge in [0.25, 0.3) is 0 Å². The van der Waals surface area contributed by atoms with Gasteiger partial charge in [0.15, 0.2) is 0 Å². The first kappa shape index (κ1) is 11.5. The van der Waals surface area contributed by atoms with Crippen LogP contribution in [0.5, 0.6) is 5.88 Å². The van der Waals surface area contributed by atoms with Crippen LogP contribution in [0.25, 0.3) is 0 Å². The molecule has 1 aromatic rings. The molecule has 0 unspecified atom stereocenters. The summed E-state index contributed by atoms with van der Waals surface area (Å²) >= 11 is 1.68. The van der Waals surface area contributed by atoms with Crippen molar-refractivity contribution in [3.8, 4) is 5.88 Å². The molecular weight excluding hydrogens is 194 g/mol. The predicted molar refractivity (Wildman–Crippen MR) is 61.2 cm³/mol. The smallest absolute Gasteiger partial charge is 0.224 e. The molecule has 80 valence electrons. The Morgan fingerprint density at radius 2 is 2.07 bits per heavy atom. The molecule has 14 heavy (non-hydrogen) atoms. The van der Waals surface area contributed by atoms with Crippen molar-refractivity contribution in [2.75, 3.05) is 6.61 Å². The van der Waals surface area contributed by atoms with Crippen LogP contribution in [-0.2, 0) is 0 Å². The van der Waals surface area contributed by atoms with E-state index >= 15 is 0 Å². The monoisotopic (exact) mass is 213 g/mol. The molecule has 3 heteroatoms. The summed E-state index contributed by atoms with van der Waals surface area (Å²) in [6, 6.07) is 0. The Morgan fingerprint density at radius 3 is 2.57 bits per heavy atom. The highest BCUT2D eigenvalue weighted by Gasteiger charge is 2.06. The van der Waals surface area contributed by atoms with Crippen LogP contribution in [0.4, 0.5) is 0 Å². The summed E-state index contributed by atoms with van der Waals surface area (Å²) in [6.45, 7) is 9.47. The molecule has 0 bridgehead atoms. The lowest BCUT2D eigenvalue weighted by molar-refractivity contribution is 0.280. The lowest BCUT2D eigenvalue weighted by atomic mass is 10.1. The molecule has 0 saturated carbocycles. The summed E-state index contributed by atoms with van der Waals surface area (Å²) in [5.74, 6) is 1.99. The number of thiazole rings is 1. The normalized spacial score (nSPS) is 11.3. The van der Waals surface area contributed by atoms with Crippen molar-refractivity contribution in [1.29, 1.82) is 0 Å². The first-order valence-corrected chi connectivity index (χ1v) is 6.05. The minimum Gasteiger partial charge on any atom is -0.477 e. The van der Waals surface area contributed by atoms with Gasteiger partial charge < -0.3 is 4.74 Å². The molecule has 1 rings (SSSR count). The van der Waals surface area contributed by atoms with Crippen LogP contribution >= 0.6 is 11.3 Å². The van der Waals surface area contributed by atoms with Crippen LogP contribution in [0.1, 0.15) is 45.0 Å². The Bertz CT molecular complexity index is 268. The largest absolute Gasteiger partial charge is 0.477 e. The topological polar surface area (TPSA) is 22.1 Å². The Morgan fingerprint density at radius 1 is 1.36 bits per heavy atom. The highest BCUT2D eigenvalue weighted by Crippen LogP contribution is 2.23. The van der Waals surface area contributed by atoms with Crippen LogP contribution in [0.2, 0.25) is 0 Å². The Balaban J connectivity index is 2.36. The lowest BCUT2D eigenvalue weighted by Crippen LogP contribution is -2.01. The van der Waals surface area contributed by atoms with Gasteiger partial charge in [-0.05, 0) is 12.3 Å². The van der Waals surface area contributed by atoms with Crippen molar-refractivity contribution in [2.24, 2.45) is 5.92 Å². The number of aromatic nitrogens is 1. The number of rotatable bonds is 5. The van der Waals surface area contributed by atoms with E-state index < -0.39 is 0 Å². The van der Waals surface area contributed by atoms with E-state index in [1.807, 2.05) is 5.38 Å². The highest BCUT2D eigenvalue weighted by molar-refractivity contribution is 7.09. The average molecular weight is 213 g/mol. The van der Waals surface area contributed by atoms with Crippen molar-refractivity contribution in [1.82, 2.24) is 4.98 Å². The minimum absolute atomic E-state index is 0.502. The summed E-state index contributed by atoms with van der Waals surface area (Å²) in [5.41, 5.74) is 0. The lowest BCUT2D eigenvalue weighted by Gasteiger charge is -2.04. The van der Waals surface area contributed by atoms with Crippen molar-refractivity contribution in [3.05, 3.63) is 10.4 Å². The Hall–Kier alpha value is -0.570. The first-order chi connectivity index (χ1) is 6.59. The molecule has 0 atom stereocenters. The second-order valence-corrected chi connectivity index (χ2v) is 5.10. The van der Waals surface area contributed by atoms with Crippen LogP contribution in [0, 0.1) is 5.92 Å². The molecule has 0 amide bonds. The zero-order chi connectivity index (χ0) is 10.6. The molecule has 0 N–H and O–H groups in total. The zero-order valence-electron chi connectivity index (χ0n) is 9.41. The molecule has 0 aliphatic heterocycles. The summed E-state index contributed by atoms with van der Waals surface area (Å²) < 4.78 is 5.55. The minimum atomic E-state index is 0.502. The molecule has 2 nitrogen and oxygen atoms in total. The van der Waals surface area contributed by atoms with Crippen molar-refractivity contribution in [3.63, 3.8) is 0 Å². The Labute approximate surface area is 90.3 Å². The third kappa shape index (κ3) is 3.66. The molecule has 0 aliphatic rings. The molecule has 1 heterocycles. The molecule has 0 radical (unpaired) electrons. The van der Waals surface area contributed by atoms with Gasteiger partial charge in [0.2, 0.25) is 5.88 Å². The molecule has 0 spiro atoms. The van der Waals surface area contributed by atoms with Crippen LogP contribution < -0.4 is 4.74 Å². The van der Waals surface area contributed by atoms with E-state index in [2.05, 4.69) is 32.7 Å². The number of hydrogen-bond donors (Lipinski definition) is 0. The fourth-order valence-corrected chi connectivity index (χ4v) is 1.76. The molecular formula is C11H19NOS. The van der Waals surface area contributed by atoms with E-state index in [0.29, 0.717) is 11.8 Å². The first-order valence-electron chi connectivity index (χ1n) is 5.17. The highest BCUT2D eigenvalue weighted by atomic mass is 32.1. The van der Waals surface area contributed by atoms with E-state index in [9.17, 15) is 0 Å². The van der Waals surface area contributed by atoms with E-state index in [1.165, 1.54) is 0 Å². The van der Waals surface area contributed by atoms with Gasteiger partial charge in [-0.25, -0.2) is 4.98 Å². The molecule has 0 fully saturated rings. The average Bonchev–Trinajstić information content (AvgIpc) is 2.52. The Kier molecular flexibility index (Phi) is 4.39. The zero-order valence-corrected chi connectivity index (χ0v) is 10.2. The predicted octanol–water partition coefficient (Wildman–Crippen LogP) is 3.69. The van der Waals surface area contributed by atoms with Crippen LogP contribution in [-0.4, -0.2) is 11.6 Å². The van der Waals surface area contributed by atoms with E-state index in [-0.39, 0.29) is 0 Å². The van der Waals surface area contributed by atoms with E-state index in [0.717, 1.165) is 23.9 Å². The standard InChI is InChI=1S/C11H19NOS/c1-8(2)5-6-13-10-7-14-11(12-10)9(3)4/h7-9H,5-6H2,1-4H3. The van der Waals surface area contributed by atoms with Gasteiger partial charge in [0, 0.05) is 5.92 Å². The molecule has 0 aliphatic carbocycles. The maximum atomic E-state index is 5.55. The molecule has 1 aromatic heterocycles. The molecule has 0 saturated heterocycles. The third-order valence-electron chi connectivity index (χ3n) is 1.94. The maximum Gasteiger partial charge on any atom is 0.224 e. The second kappa shape index (κ2) is 5.35. The van der Waals surface area contributed by atoms with Crippen molar-refractivity contribution >= 4 is 11.3 Å². The van der Waals surface area contributed by atoms with Crippen LogP contribution in [0.3, 0.4) is 0 Å². The quantitative estimate of drug-likeness (QED) is 0.744. The second-order valence-electron chi connectivity index (χ2n) is 4.21. The fraction of sp³-hybridized carbons (Fsp3) is 0.727. The van der Waals surface area contributed by atoms with Gasteiger partial charge in [0.1, 0.15) is 0 Å². The van der Waals surface area contributed by atoms with Gasteiger partial charge in [-0.1, -0.05) is 27.7 Å². The van der Waals surface area contributed by atoms with Crippen molar-refractivity contribution < 1.29 is 4.74 Å².